The first-order valence-corrected chi connectivity index (χ1v) is 5.86. The summed E-state index contributed by atoms with van der Waals surface area (Å²) in [6.07, 6.45) is 1.41. The van der Waals surface area contributed by atoms with Crippen molar-refractivity contribution in [2.24, 2.45) is 5.92 Å². The number of carbonyl (C=O) groups is 2. The summed E-state index contributed by atoms with van der Waals surface area (Å²) in [6, 6.07) is 7.54. The average molecular weight is 232 g/mol. The molecule has 2 unspecified atom stereocenters. The number of benzene rings is 1. The molecule has 1 aromatic rings. The Bertz CT molecular complexity index is 451. The van der Waals surface area contributed by atoms with Gasteiger partial charge < -0.3 is 4.74 Å². The number of hydrogen-bond acceptors (Lipinski definition) is 3. The molecular weight excluding hydrogens is 216 g/mol. The lowest BCUT2D eigenvalue weighted by atomic mass is 9.94. The number of esters is 1. The van der Waals surface area contributed by atoms with E-state index in [9.17, 15) is 9.59 Å². The van der Waals surface area contributed by atoms with Crippen LogP contribution in [0.3, 0.4) is 0 Å². The van der Waals surface area contributed by atoms with E-state index < -0.39 is 11.9 Å². The average Bonchev–Trinajstić information content (AvgIpc) is 2.49. The molecule has 0 saturated heterocycles. The molecular formula is C14H16O3. The zero-order valence-electron chi connectivity index (χ0n) is 10.1. The summed E-state index contributed by atoms with van der Waals surface area (Å²) >= 11 is 0. The summed E-state index contributed by atoms with van der Waals surface area (Å²) < 4.78 is 4.71. The highest BCUT2D eigenvalue weighted by molar-refractivity contribution is 6.09. The molecule has 0 N–H and O–H groups in total. The van der Waals surface area contributed by atoms with Crippen LogP contribution in [0.1, 0.15) is 41.6 Å². The van der Waals surface area contributed by atoms with Crippen molar-refractivity contribution in [1.29, 1.82) is 0 Å². The number of fused-ring (bicyclic) bond motifs is 1. The number of hydrogen-bond donors (Lipinski definition) is 0. The van der Waals surface area contributed by atoms with E-state index in [4.69, 9.17) is 4.74 Å². The Morgan fingerprint density at radius 1 is 1.29 bits per heavy atom. The Morgan fingerprint density at radius 3 is 2.71 bits per heavy atom. The lowest BCUT2D eigenvalue weighted by Gasteiger charge is -2.10. The SMILES string of the molecule is COC(=O)C1CCC(C)c2ccccc2C1=O. The Hall–Kier alpha value is -1.64. The fraction of sp³-hybridized carbons (Fsp3) is 0.429. The fourth-order valence-electron chi connectivity index (χ4n) is 2.41. The van der Waals surface area contributed by atoms with Gasteiger partial charge in [0, 0.05) is 5.56 Å². The van der Waals surface area contributed by atoms with E-state index in [1.807, 2.05) is 18.2 Å². The second kappa shape index (κ2) is 4.70. The maximum absolute atomic E-state index is 12.3. The molecule has 0 aromatic heterocycles. The molecule has 0 fully saturated rings. The maximum atomic E-state index is 12.3. The predicted octanol–water partition coefficient (Wildman–Crippen LogP) is 2.56. The molecule has 3 heteroatoms. The van der Waals surface area contributed by atoms with Gasteiger partial charge in [0.25, 0.3) is 0 Å². The van der Waals surface area contributed by atoms with Crippen LogP contribution in [0.25, 0.3) is 0 Å². The van der Waals surface area contributed by atoms with Crippen molar-refractivity contribution in [3.8, 4) is 0 Å². The number of ether oxygens (including phenoxy) is 1. The highest BCUT2D eigenvalue weighted by atomic mass is 16.5. The Labute approximate surface area is 101 Å². The molecule has 0 bridgehead atoms. The van der Waals surface area contributed by atoms with Crippen LogP contribution in [0, 0.1) is 5.92 Å². The van der Waals surface area contributed by atoms with Crippen LogP contribution in [0.2, 0.25) is 0 Å². The third-order valence-corrected chi connectivity index (χ3v) is 3.45. The zero-order chi connectivity index (χ0) is 12.4. The van der Waals surface area contributed by atoms with Gasteiger partial charge in [0.15, 0.2) is 5.78 Å². The molecule has 17 heavy (non-hydrogen) atoms. The molecule has 1 aliphatic carbocycles. The number of Topliss-reactive ketones (excluding diaryl/α,β-unsaturated/α-hetero) is 1. The summed E-state index contributed by atoms with van der Waals surface area (Å²) in [5.41, 5.74) is 1.72. The van der Waals surface area contributed by atoms with Crippen molar-refractivity contribution in [2.75, 3.05) is 7.11 Å². The third kappa shape index (κ3) is 2.09. The first-order chi connectivity index (χ1) is 8.15. The molecule has 0 amide bonds. The van der Waals surface area contributed by atoms with Crippen LogP contribution in [0.15, 0.2) is 24.3 Å². The smallest absolute Gasteiger partial charge is 0.316 e. The van der Waals surface area contributed by atoms with E-state index in [0.717, 1.165) is 12.0 Å². The van der Waals surface area contributed by atoms with Gasteiger partial charge in [0.2, 0.25) is 0 Å². The summed E-state index contributed by atoms with van der Waals surface area (Å²) in [5.74, 6) is -0.841. The van der Waals surface area contributed by atoms with Gasteiger partial charge in [-0.1, -0.05) is 31.2 Å². The highest BCUT2D eigenvalue weighted by Crippen LogP contribution is 2.32. The molecule has 90 valence electrons. The Kier molecular flexibility index (Phi) is 3.27. The molecule has 2 rings (SSSR count). The van der Waals surface area contributed by atoms with E-state index in [0.29, 0.717) is 17.9 Å². The van der Waals surface area contributed by atoms with Crippen LogP contribution in [0.5, 0.6) is 0 Å². The van der Waals surface area contributed by atoms with Crippen molar-refractivity contribution < 1.29 is 14.3 Å². The van der Waals surface area contributed by atoms with Gasteiger partial charge in [-0.25, -0.2) is 0 Å². The van der Waals surface area contributed by atoms with Gasteiger partial charge in [0.05, 0.1) is 7.11 Å². The number of rotatable bonds is 1. The first kappa shape index (κ1) is 11.8. The van der Waals surface area contributed by atoms with Crippen molar-refractivity contribution in [2.45, 2.75) is 25.7 Å². The minimum atomic E-state index is -0.633. The Morgan fingerprint density at radius 2 is 2.00 bits per heavy atom. The van der Waals surface area contributed by atoms with Crippen molar-refractivity contribution in [3.05, 3.63) is 35.4 Å². The van der Waals surface area contributed by atoms with Crippen molar-refractivity contribution >= 4 is 11.8 Å². The summed E-state index contributed by atoms with van der Waals surface area (Å²) in [4.78, 5) is 23.9. The van der Waals surface area contributed by atoms with Gasteiger partial charge in [-0.3, -0.25) is 9.59 Å². The minimum Gasteiger partial charge on any atom is -0.468 e. The largest absolute Gasteiger partial charge is 0.468 e. The van der Waals surface area contributed by atoms with Gasteiger partial charge in [-0.2, -0.15) is 0 Å². The second-order valence-electron chi connectivity index (χ2n) is 4.51. The van der Waals surface area contributed by atoms with Gasteiger partial charge in [-0.15, -0.1) is 0 Å². The summed E-state index contributed by atoms with van der Waals surface area (Å²) in [7, 11) is 1.33. The van der Waals surface area contributed by atoms with Crippen molar-refractivity contribution in [3.63, 3.8) is 0 Å². The number of methoxy groups -OCH3 is 1. The molecule has 0 spiro atoms. The lowest BCUT2D eigenvalue weighted by Crippen LogP contribution is -2.24. The lowest BCUT2D eigenvalue weighted by molar-refractivity contribution is -0.143. The molecule has 3 nitrogen and oxygen atoms in total. The summed E-state index contributed by atoms with van der Waals surface area (Å²) in [6.45, 7) is 2.09. The quantitative estimate of drug-likeness (QED) is 0.424. The molecule has 0 radical (unpaired) electrons. The molecule has 1 aromatic carbocycles. The molecule has 0 aliphatic heterocycles. The predicted molar refractivity (Wildman–Crippen MR) is 63.9 cm³/mol. The monoisotopic (exact) mass is 232 g/mol. The highest BCUT2D eigenvalue weighted by Gasteiger charge is 2.33. The van der Waals surface area contributed by atoms with Gasteiger partial charge >= 0.3 is 5.97 Å². The molecule has 2 atom stereocenters. The molecule has 0 heterocycles. The zero-order valence-corrected chi connectivity index (χ0v) is 10.1. The van der Waals surface area contributed by atoms with E-state index in [-0.39, 0.29) is 5.78 Å². The minimum absolute atomic E-state index is 0.100. The number of carbonyl (C=O) groups excluding carboxylic acids is 2. The number of ketones is 1. The van der Waals surface area contributed by atoms with Crippen LogP contribution in [-0.2, 0) is 9.53 Å². The van der Waals surface area contributed by atoms with Crippen LogP contribution in [0.4, 0.5) is 0 Å². The normalized spacial score (nSPS) is 23.8. The van der Waals surface area contributed by atoms with Gasteiger partial charge in [0.1, 0.15) is 5.92 Å². The molecule has 0 saturated carbocycles. The van der Waals surface area contributed by atoms with E-state index >= 15 is 0 Å². The summed E-state index contributed by atoms with van der Waals surface area (Å²) in [5, 5.41) is 0. The first-order valence-electron chi connectivity index (χ1n) is 5.86. The van der Waals surface area contributed by atoms with E-state index in [1.54, 1.807) is 6.07 Å². The van der Waals surface area contributed by atoms with E-state index in [1.165, 1.54) is 7.11 Å². The maximum Gasteiger partial charge on any atom is 0.316 e. The topological polar surface area (TPSA) is 43.4 Å². The Balaban J connectivity index is 2.43. The second-order valence-corrected chi connectivity index (χ2v) is 4.51. The van der Waals surface area contributed by atoms with Crippen LogP contribution < -0.4 is 0 Å². The van der Waals surface area contributed by atoms with Crippen LogP contribution >= 0.6 is 0 Å². The van der Waals surface area contributed by atoms with Gasteiger partial charge in [-0.05, 0) is 24.3 Å². The van der Waals surface area contributed by atoms with Crippen molar-refractivity contribution in [1.82, 2.24) is 0 Å². The third-order valence-electron chi connectivity index (χ3n) is 3.45. The van der Waals surface area contributed by atoms with Crippen LogP contribution in [-0.4, -0.2) is 18.9 Å². The standard InChI is InChI=1S/C14H16O3/c1-9-7-8-12(14(16)17-2)13(15)11-6-4-3-5-10(9)11/h3-6,9,12H,7-8H2,1-2H3. The van der Waals surface area contributed by atoms with E-state index in [2.05, 4.69) is 6.92 Å². The fourth-order valence-corrected chi connectivity index (χ4v) is 2.41. The molecule has 1 aliphatic rings.